The molecule has 0 rings (SSSR count). The van der Waals surface area contributed by atoms with E-state index in [-0.39, 0.29) is 43.4 Å². The van der Waals surface area contributed by atoms with Crippen molar-refractivity contribution >= 4 is 25.1 Å². The van der Waals surface area contributed by atoms with Gasteiger partial charge < -0.3 is 19.2 Å². The molecule has 0 saturated heterocycles. The third-order valence-electron chi connectivity index (χ3n) is 1.22. The summed E-state index contributed by atoms with van der Waals surface area (Å²) in [6.45, 7) is 21.8. The molecule has 0 fully saturated rings. The second-order valence-electron chi connectivity index (χ2n) is 9.41. The maximum Gasteiger partial charge on any atom is 4.00 e. The van der Waals surface area contributed by atoms with Gasteiger partial charge in [0.05, 0.1) is 0 Å². The van der Waals surface area contributed by atoms with Gasteiger partial charge in [0.25, 0.3) is 0 Å². The molecule has 4 nitrogen and oxygen atoms in total. The monoisotopic (exact) mass is 388 g/mol. The molecule has 0 bridgehead atoms. The van der Waals surface area contributed by atoms with Gasteiger partial charge in [-0.3, -0.25) is 25.1 Å². The van der Waals surface area contributed by atoms with Gasteiger partial charge in [-0.15, -0.1) is 21.7 Å². The molecule has 0 aromatic rings. The summed E-state index contributed by atoms with van der Waals surface area (Å²) in [6.07, 6.45) is 7.42. The average Bonchev–Trinajstić information content (AvgIpc) is 2.37. The van der Waals surface area contributed by atoms with Crippen LogP contribution in [-0.2, 0) is 40.9 Å². The Bertz CT molecular complexity index is 276. The molecule has 0 aromatic heterocycles. The third kappa shape index (κ3) is 82.5. The number of hydrogen-bond acceptors (Lipinski definition) is 4. The van der Waals surface area contributed by atoms with Crippen LogP contribution in [0.1, 0.15) is 83.1 Å². The minimum Gasteiger partial charge on any atom is -0.541 e. The Balaban J connectivity index is -0.0000000702. The Morgan fingerprint density at radius 2 is 0.400 bits per heavy atom. The van der Waals surface area contributed by atoms with Crippen LogP contribution < -0.4 is 0 Å². The Morgan fingerprint density at radius 1 is 0.360 bits per heavy atom. The molecule has 0 aliphatic heterocycles. The molecule has 0 aliphatic rings. The maximum absolute atomic E-state index is 9.70. The van der Waals surface area contributed by atoms with Crippen LogP contribution in [0.5, 0.6) is 0 Å². The van der Waals surface area contributed by atoms with Gasteiger partial charge >= 0.3 is 21.7 Å². The van der Waals surface area contributed by atoms with Gasteiger partial charge in [0, 0.05) is 0 Å². The minimum atomic E-state index is -0.264. The summed E-state index contributed by atoms with van der Waals surface area (Å²) in [5.41, 5.74) is -1.06. The fraction of sp³-hybridized carbons (Fsp3) is 0.800. The van der Waals surface area contributed by atoms with E-state index in [0.29, 0.717) is 0 Å². The quantitative estimate of drug-likeness (QED) is 0.450. The molecule has 0 heterocycles. The number of hydrogen-bond donors (Lipinski definition) is 0. The normalized spacial score (nSPS) is 10.7. The second-order valence-corrected chi connectivity index (χ2v) is 9.41. The Labute approximate surface area is 170 Å². The largest absolute Gasteiger partial charge is 4.00 e. The second kappa shape index (κ2) is 15.6. The summed E-state index contributed by atoms with van der Waals surface area (Å²) in [5.74, 6) is 0. The van der Waals surface area contributed by atoms with Gasteiger partial charge in [0.2, 0.25) is 0 Å². The van der Waals surface area contributed by atoms with E-state index in [9.17, 15) is 19.2 Å². The van der Waals surface area contributed by atoms with Crippen LogP contribution in [-0.4, -0.2) is 25.1 Å². The summed E-state index contributed by atoms with van der Waals surface area (Å²) >= 11 is 0. The molecule has 0 atom stereocenters. The van der Waals surface area contributed by atoms with Crippen molar-refractivity contribution in [3.8, 4) is 0 Å². The number of rotatable bonds is 0. The van der Waals surface area contributed by atoms with Gasteiger partial charge in [0.15, 0.2) is 0 Å². The molecule has 25 heavy (non-hydrogen) atoms. The first-order chi connectivity index (χ1) is 10.2. The standard InChI is InChI=1S/4C5H9O.Ti/c4*1-5(2,3)4-6;/h4*1-3H3;/q4*-1;+4. The zero-order valence-electron chi connectivity index (χ0n) is 18.1. The van der Waals surface area contributed by atoms with Gasteiger partial charge in [-0.25, -0.2) is 0 Å². The van der Waals surface area contributed by atoms with Crippen molar-refractivity contribution in [3.05, 3.63) is 0 Å². The molecule has 0 saturated carbocycles. The van der Waals surface area contributed by atoms with E-state index in [1.54, 1.807) is 0 Å². The van der Waals surface area contributed by atoms with Gasteiger partial charge in [-0.2, -0.15) is 0 Å². The van der Waals surface area contributed by atoms with Crippen molar-refractivity contribution in [2.24, 2.45) is 21.7 Å². The summed E-state index contributed by atoms with van der Waals surface area (Å²) in [5, 5.41) is 0. The fourth-order valence-electron chi connectivity index (χ4n) is 0. The first-order valence-corrected chi connectivity index (χ1v) is 7.82. The van der Waals surface area contributed by atoms with Crippen LogP contribution in [0.4, 0.5) is 0 Å². The van der Waals surface area contributed by atoms with Crippen molar-refractivity contribution < 1.29 is 40.9 Å². The molecule has 0 radical (unpaired) electrons. The van der Waals surface area contributed by atoms with Crippen LogP contribution in [0.2, 0.25) is 0 Å². The first kappa shape index (κ1) is 35.5. The van der Waals surface area contributed by atoms with E-state index in [4.69, 9.17) is 0 Å². The summed E-state index contributed by atoms with van der Waals surface area (Å²) in [6, 6.07) is 0. The molecule has 0 aliphatic carbocycles. The Kier molecular flexibility index (Phi) is 22.2. The zero-order valence-corrected chi connectivity index (χ0v) is 19.7. The van der Waals surface area contributed by atoms with Crippen LogP contribution in [0, 0.1) is 21.7 Å². The van der Waals surface area contributed by atoms with Crippen LogP contribution in [0.3, 0.4) is 0 Å². The van der Waals surface area contributed by atoms with Gasteiger partial charge in [0.1, 0.15) is 0 Å². The van der Waals surface area contributed by atoms with Crippen molar-refractivity contribution in [1.29, 1.82) is 0 Å². The fourth-order valence-corrected chi connectivity index (χ4v) is 0. The molecule has 0 aromatic carbocycles. The number of carbonyl (C=O) groups excluding carboxylic acids is 4. The molecular formula is C20H36O4Ti. The zero-order chi connectivity index (χ0) is 20.8. The van der Waals surface area contributed by atoms with Crippen molar-refractivity contribution in [2.45, 2.75) is 83.1 Å². The van der Waals surface area contributed by atoms with E-state index in [1.165, 1.54) is 0 Å². The average molecular weight is 388 g/mol. The molecule has 0 spiro atoms. The molecule has 5 heteroatoms. The van der Waals surface area contributed by atoms with Crippen LogP contribution in [0.15, 0.2) is 0 Å². The van der Waals surface area contributed by atoms with E-state index in [2.05, 4.69) is 0 Å². The predicted molar refractivity (Wildman–Crippen MR) is 101 cm³/mol. The smallest absolute Gasteiger partial charge is 0.541 e. The predicted octanol–water partition coefficient (Wildman–Crippen LogP) is 4.57. The summed E-state index contributed by atoms with van der Waals surface area (Å²) in [7, 11) is 0. The first-order valence-electron chi connectivity index (χ1n) is 7.82. The van der Waals surface area contributed by atoms with E-state index >= 15 is 0 Å². The van der Waals surface area contributed by atoms with Gasteiger partial charge in [-0.05, 0) is 0 Å². The summed E-state index contributed by atoms with van der Waals surface area (Å²) in [4.78, 5) is 38.8. The molecule has 0 unspecified atom stereocenters. The minimum absolute atomic E-state index is 0. The van der Waals surface area contributed by atoms with Crippen molar-refractivity contribution in [1.82, 2.24) is 0 Å². The summed E-state index contributed by atoms with van der Waals surface area (Å²) < 4.78 is 0. The van der Waals surface area contributed by atoms with Crippen LogP contribution in [0.25, 0.3) is 0 Å². The SMILES string of the molecule is CC(C)(C)[C-]=O.CC(C)(C)[C-]=O.CC(C)(C)[C-]=O.CC(C)(C)[C-]=O.[Ti+4]. The van der Waals surface area contributed by atoms with E-state index < -0.39 is 0 Å². The molecule has 0 amide bonds. The maximum atomic E-state index is 9.70. The topological polar surface area (TPSA) is 68.3 Å². The third-order valence-corrected chi connectivity index (χ3v) is 1.22. The molecular weight excluding hydrogens is 352 g/mol. The van der Waals surface area contributed by atoms with Gasteiger partial charge in [-0.1, -0.05) is 83.1 Å². The molecule has 0 N–H and O–H groups in total. The van der Waals surface area contributed by atoms with E-state index in [1.807, 2.05) is 108 Å². The van der Waals surface area contributed by atoms with E-state index in [0.717, 1.165) is 0 Å². The Hall–Kier alpha value is -0.606. The Morgan fingerprint density at radius 3 is 0.400 bits per heavy atom. The molecule has 144 valence electrons. The van der Waals surface area contributed by atoms with Crippen molar-refractivity contribution in [2.75, 3.05) is 0 Å². The van der Waals surface area contributed by atoms with Crippen LogP contribution >= 0.6 is 0 Å². The van der Waals surface area contributed by atoms with Crippen molar-refractivity contribution in [3.63, 3.8) is 0 Å².